The second-order valence-electron chi connectivity index (χ2n) is 5.85. The molecule has 0 saturated carbocycles. The van der Waals surface area contributed by atoms with Crippen LogP contribution in [0.4, 0.5) is 0 Å². The molecule has 1 rings (SSSR count). The van der Waals surface area contributed by atoms with Gasteiger partial charge < -0.3 is 5.32 Å². The molecule has 1 atom stereocenters. The summed E-state index contributed by atoms with van der Waals surface area (Å²) in [5.41, 5.74) is 0. The van der Waals surface area contributed by atoms with Gasteiger partial charge in [0.25, 0.3) is 0 Å². The fourth-order valence-corrected chi connectivity index (χ4v) is 4.68. The van der Waals surface area contributed by atoms with Crippen molar-refractivity contribution in [3.63, 3.8) is 0 Å². The Morgan fingerprint density at radius 1 is 1.19 bits per heavy atom. The van der Waals surface area contributed by atoms with Crippen LogP contribution in [0.1, 0.15) is 51.8 Å². The van der Waals surface area contributed by atoms with Crippen LogP contribution in [0.15, 0.2) is 16.3 Å². The zero-order chi connectivity index (χ0) is 15.9. The van der Waals surface area contributed by atoms with Gasteiger partial charge in [0, 0.05) is 17.5 Å². The molecule has 0 spiro atoms. The standard InChI is InChI=1S/C15H28N2O2S2/c1-5-16-11-14-9-10-15(20-14)21(18,19)17-13(4)8-6-7-12(2)3/h9-10,12-13,16-17H,5-8,11H2,1-4H3. The van der Waals surface area contributed by atoms with Crippen LogP contribution in [0.2, 0.25) is 0 Å². The zero-order valence-electron chi connectivity index (χ0n) is 13.5. The molecule has 4 nitrogen and oxygen atoms in total. The second kappa shape index (κ2) is 8.88. The van der Waals surface area contributed by atoms with E-state index in [4.69, 9.17) is 0 Å². The Labute approximate surface area is 133 Å². The van der Waals surface area contributed by atoms with Crippen LogP contribution in [-0.2, 0) is 16.6 Å². The maximum absolute atomic E-state index is 12.3. The van der Waals surface area contributed by atoms with Crippen LogP contribution < -0.4 is 10.0 Å². The first-order valence-electron chi connectivity index (χ1n) is 7.67. The van der Waals surface area contributed by atoms with Crippen molar-refractivity contribution in [1.82, 2.24) is 10.0 Å². The lowest BCUT2D eigenvalue weighted by Crippen LogP contribution is -2.32. The number of rotatable bonds is 10. The molecule has 2 N–H and O–H groups in total. The number of hydrogen-bond donors (Lipinski definition) is 2. The molecule has 6 heteroatoms. The van der Waals surface area contributed by atoms with Gasteiger partial charge in [-0.1, -0.05) is 33.6 Å². The van der Waals surface area contributed by atoms with Crippen molar-refractivity contribution >= 4 is 21.4 Å². The van der Waals surface area contributed by atoms with E-state index in [0.29, 0.717) is 10.1 Å². The van der Waals surface area contributed by atoms with Gasteiger partial charge in [-0.2, -0.15) is 0 Å². The van der Waals surface area contributed by atoms with Crippen LogP contribution >= 0.6 is 11.3 Å². The van der Waals surface area contributed by atoms with Crippen LogP contribution in [-0.4, -0.2) is 21.0 Å². The summed E-state index contributed by atoms with van der Waals surface area (Å²) in [5.74, 6) is 0.666. The minimum Gasteiger partial charge on any atom is -0.312 e. The third-order valence-corrected chi connectivity index (χ3v) is 6.39. The Hall–Kier alpha value is -0.430. The van der Waals surface area contributed by atoms with E-state index in [1.54, 1.807) is 6.07 Å². The van der Waals surface area contributed by atoms with Crippen molar-refractivity contribution in [3.8, 4) is 0 Å². The maximum atomic E-state index is 12.3. The van der Waals surface area contributed by atoms with E-state index in [0.717, 1.165) is 37.2 Å². The number of nitrogens with one attached hydrogen (secondary N) is 2. The molecule has 0 bridgehead atoms. The minimum atomic E-state index is -3.37. The van der Waals surface area contributed by atoms with Crippen LogP contribution in [0.3, 0.4) is 0 Å². The Morgan fingerprint density at radius 2 is 1.90 bits per heavy atom. The summed E-state index contributed by atoms with van der Waals surface area (Å²) in [4.78, 5) is 1.05. The Morgan fingerprint density at radius 3 is 2.52 bits per heavy atom. The lowest BCUT2D eigenvalue weighted by molar-refractivity contribution is 0.489. The summed E-state index contributed by atoms with van der Waals surface area (Å²) in [6, 6.07) is 3.55. The van der Waals surface area contributed by atoms with Gasteiger partial charge in [0.15, 0.2) is 0 Å². The monoisotopic (exact) mass is 332 g/mol. The summed E-state index contributed by atoms with van der Waals surface area (Å²) in [6.45, 7) is 9.95. The van der Waals surface area contributed by atoms with Gasteiger partial charge in [0.2, 0.25) is 10.0 Å². The average Bonchev–Trinajstić information content (AvgIpc) is 2.84. The molecular weight excluding hydrogens is 304 g/mol. The van der Waals surface area contributed by atoms with E-state index in [1.807, 2.05) is 19.9 Å². The summed E-state index contributed by atoms with van der Waals surface area (Å²) < 4.78 is 27.8. The first-order valence-corrected chi connectivity index (χ1v) is 9.97. The predicted octanol–water partition coefficient (Wildman–Crippen LogP) is 3.35. The molecule has 0 amide bonds. The van der Waals surface area contributed by atoms with E-state index >= 15 is 0 Å². The number of sulfonamides is 1. The highest BCUT2D eigenvalue weighted by atomic mass is 32.2. The fourth-order valence-electron chi connectivity index (χ4n) is 2.06. The van der Waals surface area contributed by atoms with Crippen molar-refractivity contribution in [2.75, 3.05) is 6.54 Å². The first kappa shape index (κ1) is 18.6. The topological polar surface area (TPSA) is 58.2 Å². The largest absolute Gasteiger partial charge is 0.312 e. The zero-order valence-corrected chi connectivity index (χ0v) is 15.1. The molecule has 0 radical (unpaired) electrons. The molecule has 0 aliphatic heterocycles. The Balaban J connectivity index is 2.54. The highest BCUT2D eigenvalue weighted by molar-refractivity contribution is 7.91. The molecule has 0 aliphatic carbocycles. The molecule has 0 aromatic carbocycles. The molecule has 1 heterocycles. The molecule has 21 heavy (non-hydrogen) atoms. The molecule has 0 aliphatic rings. The molecule has 0 saturated heterocycles. The van der Waals surface area contributed by atoms with Gasteiger partial charge in [-0.25, -0.2) is 13.1 Å². The van der Waals surface area contributed by atoms with Gasteiger partial charge in [0.1, 0.15) is 4.21 Å². The smallest absolute Gasteiger partial charge is 0.250 e. The maximum Gasteiger partial charge on any atom is 0.250 e. The van der Waals surface area contributed by atoms with Gasteiger partial charge in [0.05, 0.1) is 0 Å². The van der Waals surface area contributed by atoms with E-state index in [-0.39, 0.29) is 6.04 Å². The highest BCUT2D eigenvalue weighted by Gasteiger charge is 2.19. The van der Waals surface area contributed by atoms with Crippen molar-refractivity contribution < 1.29 is 8.42 Å². The number of thiophene rings is 1. The van der Waals surface area contributed by atoms with Crippen molar-refractivity contribution in [2.24, 2.45) is 5.92 Å². The Kier molecular flexibility index (Phi) is 7.87. The van der Waals surface area contributed by atoms with Gasteiger partial charge in [-0.15, -0.1) is 11.3 Å². The van der Waals surface area contributed by atoms with Crippen molar-refractivity contribution in [3.05, 3.63) is 17.0 Å². The molecule has 1 aromatic rings. The summed E-state index contributed by atoms with van der Waals surface area (Å²) in [6.07, 6.45) is 3.07. The molecule has 1 unspecified atom stereocenters. The van der Waals surface area contributed by atoms with E-state index in [9.17, 15) is 8.42 Å². The molecular formula is C15H28N2O2S2. The minimum absolute atomic E-state index is 0.0203. The predicted molar refractivity (Wildman–Crippen MR) is 90.2 cm³/mol. The van der Waals surface area contributed by atoms with Gasteiger partial charge in [-0.3, -0.25) is 0 Å². The number of hydrogen-bond acceptors (Lipinski definition) is 4. The van der Waals surface area contributed by atoms with E-state index in [2.05, 4.69) is 23.9 Å². The average molecular weight is 333 g/mol. The SMILES string of the molecule is CCNCc1ccc(S(=O)(=O)NC(C)CCCC(C)C)s1. The molecule has 0 fully saturated rings. The van der Waals surface area contributed by atoms with Crippen LogP contribution in [0.5, 0.6) is 0 Å². The lowest BCUT2D eigenvalue weighted by Gasteiger charge is -2.14. The van der Waals surface area contributed by atoms with E-state index in [1.165, 1.54) is 11.3 Å². The Bertz CT molecular complexity index is 509. The third-order valence-electron chi connectivity index (χ3n) is 3.23. The van der Waals surface area contributed by atoms with Gasteiger partial charge in [-0.05, 0) is 37.9 Å². The summed E-state index contributed by atoms with van der Waals surface area (Å²) in [5, 5.41) is 3.20. The van der Waals surface area contributed by atoms with Crippen molar-refractivity contribution in [1.29, 1.82) is 0 Å². The van der Waals surface area contributed by atoms with Gasteiger partial charge >= 0.3 is 0 Å². The second-order valence-corrected chi connectivity index (χ2v) is 8.96. The normalized spacial score (nSPS) is 13.8. The third kappa shape index (κ3) is 6.91. The molecule has 122 valence electrons. The fraction of sp³-hybridized carbons (Fsp3) is 0.733. The highest BCUT2D eigenvalue weighted by Crippen LogP contribution is 2.22. The molecule has 1 aromatic heterocycles. The van der Waals surface area contributed by atoms with Crippen LogP contribution in [0, 0.1) is 5.92 Å². The van der Waals surface area contributed by atoms with Crippen molar-refractivity contribution in [2.45, 2.75) is 63.8 Å². The van der Waals surface area contributed by atoms with E-state index < -0.39 is 10.0 Å². The summed E-state index contributed by atoms with van der Waals surface area (Å²) >= 11 is 1.34. The van der Waals surface area contributed by atoms with Crippen LogP contribution in [0.25, 0.3) is 0 Å². The first-order chi connectivity index (χ1) is 9.85. The lowest BCUT2D eigenvalue weighted by atomic mass is 10.0. The quantitative estimate of drug-likeness (QED) is 0.691. The summed E-state index contributed by atoms with van der Waals surface area (Å²) in [7, 11) is -3.37.